The van der Waals surface area contributed by atoms with Gasteiger partial charge in [0.1, 0.15) is 5.75 Å². The molecule has 0 spiro atoms. The Kier molecular flexibility index (Phi) is 7.93. The summed E-state index contributed by atoms with van der Waals surface area (Å²) in [7, 11) is 0. The predicted octanol–water partition coefficient (Wildman–Crippen LogP) is 1.41. The normalized spacial score (nSPS) is 13.5. The molecule has 0 radical (unpaired) electrons. The number of nitrogens with zero attached hydrogens (tertiary/aromatic N) is 5. The summed E-state index contributed by atoms with van der Waals surface area (Å²) in [6.07, 6.45) is 1.34. The Bertz CT molecular complexity index is 887. The van der Waals surface area contributed by atoms with Crippen molar-refractivity contribution in [1.82, 2.24) is 25.5 Å². The van der Waals surface area contributed by atoms with E-state index >= 15 is 0 Å². The van der Waals surface area contributed by atoms with Crippen LogP contribution >= 0.6 is 0 Å². The topological polar surface area (TPSA) is 134 Å². The lowest BCUT2D eigenvalue weighted by Crippen LogP contribution is -2.32. The van der Waals surface area contributed by atoms with Gasteiger partial charge in [-0.15, -0.1) is 25.5 Å². The lowest BCUT2D eigenvalue weighted by molar-refractivity contribution is -0.197. The highest BCUT2D eigenvalue weighted by molar-refractivity contribution is 6.01. The highest BCUT2D eigenvalue weighted by Gasteiger charge is 2.32. The number of hydroxylamine groups is 2. The third kappa shape index (κ3) is 6.78. The van der Waals surface area contributed by atoms with Crippen molar-refractivity contribution >= 4 is 17.8 Å². The van der Waals surface area contributed by atoms with Gasteiger partial charge in [-0.2, -0.15) is 0 Å². The molecule has 31 heavy (non-hydrogen) atoms. The Balaban J connectivity index is 1.24. The first kappa shape index (κ1) is 22.2. The molecule has 0 aliphatic carbocycles. The second-order valence-electron chi connectivity index (χ2n) is 6.76. The maximum atomic E-state index is 11.7. The van der Waals surface area contributed by atoms with Crippen molar-refractivity contribution in [2.75, 3.05) is 19.8 Å². The Morgan fingerprint density at radius 2 is 1.58 bits per heavy atom. The van der Waals surface area contributed by atoms with Crippen LogP contribution < -0.4 is 4.74 Å². The van der Waals surface area contributed by atoms with E-state index < -0.39 is 17.8 Å². The average molecular weight is 429 g/mol. The number of aryl methyl sites for hydroxylation is 1. The summed E-state index contributed by atoms with van der Waals surface area (Å²) < 4.78 is 11.1. The standard InChI is InChI=1S/C20H23N5O6/c1-14-21-23-20(24-22-14)15-5-7-16(8-6-15)30-13-3-12-29-11-2-4-19(28)31-25-17(26)9-10-18(25)27/h5-8H,2-4,9-13H2,1H3. The lowest BCUT2D eigenvalue weighted by Gasteiger charge is -2.12. The van der Waals surface area contributed by atoms with Crippen molar-refractivity contribution in [1.29, 1.82) is 0 Å². The fourth-order valence-corrected chi connectivity index (χ4v) is 2.67. The fraction of sp³-hybridized carbons (Fsp3) is 0.450. The van der Waals surface area contributed by atoms with Crippen LogP contribution in [0.25, 0.3) is 11.4 Å². The first-order valence-electron chi connectivity index (χ1n) is 9.94. The van der Waals surface area contributed by atoms with Gasteiger partial charge >= 0.3 is 5.97 Å². The summed E-state index contributed by atoms with van der Waals surface area (Å²) in [5.41, 5.74) is 0.799. The van der Waals surface area contributed by atoms with Gasteiger partial charge in [0, 0.05) is 38.0 Å². The van der Waals surface area contributed by atoms with Gasteiger partial charge in [0.25, 0.3) is 11.8 Å². The van der Waals surface area contributed by atoms with Gasteiger partial charge in [0.05, 0.1) is 13.0 Å². The molecular weight excluding hydrogens is 406 g/mol. The molecule has 0 bridgehead atoms. The Morgan fingerprint density at radius 3 is 2.26 bits per heavy atom. The van der Waals surface area contributed by atoms with Crippen LogP contribution in [0.5, 0.6) is 5.75 Å². The van der Waals surface area contributed by atoms with E-state index in [1.807, 2.05) is 24.3 Å². The monoisotopic (exact) mass is 429 g/mol. The SMILES string of the molecule is Cc1nnc(-c2ccc(OCCCOCCCC(=O)ON3C(=O)CCC3=O)cc2)nn1. The summed E-state index contributed by atoms with van der Waals surface area (Å²) in [5.74, 6) is 0.0876. The van der Waals surface area contributed by atoms with Gasteiger partial charge in [-0.1, -0.05) is 0 Å². The minimum atomic E-state index is -0.624. The third-order valence-electron chi connectivity index (χ3n) is 4.26. The molecular formula is C20H23N5O6. The number of rotatable bonds is 11. The quantitative estimate of drug-likeness (QED) is 0.381. The van der Waals surface area contributed by atoms with E-state index in [4.69, 9.17) is 14.3 Å². The minimum Gasteiger partial charge on any atom is -0.494 e. The van der Waals surface area contributed by atoms with Crippen LogP contribution in [0, 0.1) is 6.92 Å². The van der Waals surface area contributed by atoms with Crippen molar-refractivity contribution in [3.8, 4) is 17.1 Å². The molecule has 1 aliphatic heterocycles. The van der Waals surface area contributed by atoms with Gasteiger partial charge in [-0.3, -0.25) is 9.59 Å². The predicted molar refractivity (Wildman–Crippen MR) is 105 cm³/mol. The molecule has 1 aliphatic rings. The maximum Gasteiger partial charge on any atom is 0.333 e. The number of aromatic nitrogens is 4. The van der Waals surface area contributed by atoms with Gasteiger partial charge < -0.3 is 14.3 Å². The number of ether oxygens (including phenoxy) is 2. The van der Waals surface area contributed by atoms with E-state index in [2.05, 4.69) is 20.4 Å². The molecule has 1 aromatic heterocycles. The summed E-state index contributed by atoms with van der Waals surface area (Å²) in [5, 5.41) is 16.3. The van der Waals surface area contributed by atoms with Crippen molar-refractivity contribution in [2.45, 2.75) is 39.0 Å². The number of imide groups is 1. The van der Waals surface area contributed by atoms with Crippen molar-refractivity contribution in [3.05, 3.63) is 30.1 Å². The maximum absolute atomic E-state index is 11.7. The number of hydrogen-bond donors (Lipinski definition) is 0. The molecule has 0 unspecified atom stereocenters. The molecule has 0 N–H and O–H groups in total. The van der Waals surface area contributed by atoms with E-state index in [9.17, 15) is 14.4 Å². The van der Waals surface area contributed by atoms with Crippen LogP contribution in [0.4, 0.5) is 0 Å². The number of hydrogen-bond acceptors (Lipinski definition) is 10. The lowest BCUT2D eigenvalue weighted by atomic mass is 10.2. The zero-order valence-electron chi connectivity index (χ0n) is 17.2. The van der Waals surface area contributed by atoms with Crippen LogP contribution in [0.3, 0.4) is 0 Å². The zero-order chi connectivity index (χ0) is 22.1. The zero-order valence-corrected chi connectivity index (χ0v) is 17.2. The highest BCUT2D eigenvalue weighted by Crippen LogP contribution is 2.18. The van der Waals surface area contributed by atoms with E-state index in [-0.39, 0.29) is 19.3 Å². The first-order chi connectivity index (χ1) is 15.0. The number of carbonyl (C=O) groups excluding carboxylic acids is 3. The summed E-state index contributed by atoms with van der Waals surface area (Å²) >= 11 is 0. The smallest absolute Gasteiger partial charge is 0.333 e. The summed E-state index contributed by atoms with van der Waals surface area (Å²) in [6.45, 7) is 3.04. The molecule has 11 heteroatoms. The van der Waals surface area contributed by atoms with E-state index in [0.717, 1.165) is 5.56 Å². The molecule has 1 saturated heterocycles. The highest BCUT2D eigenvalue weighted by atomic mass is 16.7. The largest absolute Gasteiger partial charge is 0.494 e. The molecule has 1 fully saturated rings. The molecule has 3 rings (SSSR count). The Labute approximate surface area is 178 Å². The Morgan fingerprint density at radius 1 is 0.935 bits per heavy atom. The fourth-order valence-electron chi connectivity index (χ4n) is 2.67. The molecule has 0 saturated carbocycles. The van der Waals surface area contributed by atoms with Gasteiger partial charge in [-0.05, 0) is 37.6 Å². The van der Waals surface area contributed by atoms with Gasteiger partial charge in [0.2, 0.25) is 5.82 Å². The van der Waals surface area contributed by atoms with Crippen LogP contribution in [0.1, 0.15) is 37.9 Å². The van der Waals surface area contributed by atoms with E-state index in [1.54, 1.807) is 6.92 Å². The van der Waals surface area contributed by atoms with Crippen molar-refractivity contribution in [3.63, 3.8) is 0 Å². The summed E-state index contributed by atoms with van der Waals surface area (Å²) in [4.78, 5) is 39.2. The van der Waals surface area contributed by atoms with Crippen LogP contribution in [0.2, 0.25) is 0 Å². The van der Waals surface area contributed by atoms with Crippen LogP contribution in [0.15, 0.2) is 24.3 Å². The molecule has 164 valence electrons. The van der Waals surface area contributed by atoms with Crippen LogP contribution in [-0.2, 0) is 24.0 Å². The van der Waals surface area contributed by atoms with E-state index in [1.165, 1.54) is 0 Å². The number of carbonyl (C=O) groups is 3. The second-order valence-corrected chi connectivity index (χ2v) is 6.76. The molecule has 0 atom stereocenters. The number of amides is 2. The molecule has 1 aromatic carbocycles. The number of benzene rings is 1. The molecule has 11 nitrogen and oxygen atoms in total. The average Bonchev–Trinajstić information content (AvgIpc) is 3.08. The third-order valence-corrected chi connectivity index (χ3v) is 4.26. The van der Waals surface area contributed by atoms with Gasteiger partial charge in [0.15, 0.2) is 5.82 Å². The van der Waals surface area contributed by atoms with Crippen LogP contribution in [-0.4, -0.2) is 63.1 Å². The first-order valence-corrected chi connectivity index (χ1v) is 9.94. The van der Waals surface area contributed by atoms with Crippen molar-refractivity contribution in [2.24, 2.45) is 0 Å². The molecule has 2 aromatic rings. The van der Waals surface area contributed by atoms with Crippen molar-refractivity contribution < 1.29 is 28.7 Å². The molecule has 2 amide bonds. The van der Waals surface area contributed by atoms with Gasteiger partial charge in [-0.25, -0.2) is 4.79 Å². The van der Waals surface area contributed by atoms with E-state index in [0.29, 0.717) is 55.1 Å². The summed E-state index contributed by atoms with van der Waals surface area (Å²) in [6, 6.07) is 7.31. The Hall–Kier alpha value is -3.47. The molecule has 2 heterocycles. The second kappa shape index (κ2) is 11.1. The minimum absolute atomic E-state index is 0.0651.